The number of aryl methyl sites for hydroxylation is 1. The highest BCUT2D eigenvalue weighted by atomic mass is 16.5. The maximum absolute atomic E-state index is 14.6. The van der Waals surface area contributed by atoms with E-state index in [1.54, 1.807) is 19.0 Å². The van der Waals surface area contributed by atoms with E-state index in [-0.39, 0.29) is 105 Å². The van der Waals surface area contributed by atoms with Crippen molar-refractivity contribution in [2.24, 2.45) is 29.4 Å². The van der Waals surface area contributed by atoms with Crippen molar-refractivity contribution in [3.05, 3.63) is 143 Å². The summed E-state index contributed by atoms with van der Waals surface area (Å²) in [4.78, 5) is 115. The van der Waals surface area contributed by atoms with Crippen LogP contribution in [0.2, 0.25) is 0 Å². The molecule has 94 heavy (non-hydrogen) atoms. The number of unbranched alkanes of at least 4 members (excludes halogenated alkanes) is 12. The molecular formula is C70H95N13O11. The van der Waals surface area contributed by atoms with Gasteiger partial charge in [0.05, 0.1) is 43.4 Å². The number of nitrogens with two attached hydrogens (primary N) is 3. The molecule has 0 spiro atoms. The van der Waals surface area contributed by atoms with Crippen LogP contribution in [0.15, 0.2) is 91.9 Å². The Bertz CT molecular complexity index is 3440. The van der Waals surface area contributed by atoms with Gasteiger partial charge in [-0.2, -0.15) is 0 Å². The highest BCUT2D eigenvalue weighted by Gasteiger charge is 2.52. The van der Waals surface area contributed by atoms with Gasteiger partial charge in [0, 0.05) is 105 Å². The molecule has 5 aromatic rings. The van der Waals surface area contributed by atoms with Crippen molar-refractivity contribution in [3.8, 4) is 0 Å². The molecule has 1 aliphatic heterocycles. The van der Waals surface area contributed by atoms with Crippen LogP contribution in [-0.2, 0) is 45.9 Å². The van der Waals surface area contributed by atoms with E-state index >= 15 is 0 Å². The van der Waals surface area contributed by atoms with E-state index in [4.69, 9.17) is 31.1 Å². The van der Waals surface area contributed by atoms with Gasteiger partial charge in [-0.3, -0.25) is 33.3 Å². The number of ether oxygens (including phenoxy) is 2. The number of hydrogen-bond donors (Lipinski definition) is 6. The topological polar surface area (TPSA) is 346 Å². The molecule has 3 aliphatic carbocycles. The second-order valence-corrected chi connectivity index (χ2v) is 25.1. The van der Waals surface area contributed by atoms with Crippen molar-refractivity contribution in [2.75, 3.05) is 95.7 Å². The van der Waals surface area contributed by atoms with E-state index in [1.807, 2.05) is 18.2 Å². The summed E-state index contributed by atoms with van der Waals surface area (Å²) in [6.07, 6.45) is 15.6. The molecule has 506 valence electrons. The van der Waals surface area contributed by atoms with Crippen molar-refractivity contribution in [2.45, 2.75) is 158 Å². The molecular weight excluding hydrogens is 1200 g/mol. The third-order valence-corrected chi connectivity index (χ3v) is 18.5. The van der Waals surface area contributed by atoms with E-state index in [1.165, 1.54) is 35.0 Å². The summed E-state index contributed by atoms with van der Waals surface area (Å²) in [6, 6.07) is 20.9. The summed E-state index contributed by atoms with van der Waals surface area (Å²) in [6.45, 7) is 3.09. The highest BCUT2D eigenvalue weighted by Crippen LogP contribution is 2.62. The molecule has 2 heterocycles. The summed E-state index contributed by atoms with van der Waals surface area (Å²) < 4.78 is 17.7. The molecule has 4 aliphatic rings. The Balaban J connectivity index is 0.941. The summed E-state index contributed by atoms with van der Waals surface area (Å²) in [5, 5.41) is 13.5. The molecule has 1 aromatic heterocycles. The van der Waals surface area contributed by atoms with Crippen molar-refractivity contribution < 1.29 is 42.7 Å². The number of nitrogens with zero attached hydrogens (tertiary/aromatic N) is 7. The smallest absolute Gasteiger partial charge is 0.377 e. The Labute approximate surface area is 549 Å². The van der Waals surface area contributed by atoms with Crippen LogP contribution in [0.1, 0.15) is 184 Å². The van der Waals surface area contributed by atoms with Crippen LogP contribution in [0.5, 0.6) is 0 Å². The van der Waals surface area contributed by atoms with Crippen molar-refractivity contribution in [3.63, 3.8) is 0 Å². The summed E-state index contributed by atoms with van der Waals surface area (Å²) >= 11 is 0. The molecule has 6 amide bonds. The Morgan fingerprint density at radius 2 is 1.07 bits per heavy atom. The van der Waals surface area contributed by atoms with Crippen molar-refractivity contribution in [1.82, 2.24) is 19.3 Å². The van der Waals surface area contributed by atoms with Crippen LogP contribution in [0, 0.1) is 0 Å². The molecule has 0 radical (unpaired) electrons. The number of likely N-dealkylation sites (N-methyl/N-ethyl adjacent to an activating group) is 2. The highest BCUT2D eigenvalue weighted by molar-refractivity contribution is 6.01. The zero-order valence-corrected chi connectivity index (χ0v) is 54.9. The maximum Gasteiger partial charge on any atom is 0.422 e. The van der Waals surface area contributed by atoms with Gasteiger partial charge < -0.3 is 61.7 Å². The van der Waals surface area contributed by atoms with Crippen LogP contribution in [0.25, 0.3) is 21.3 Å². The van der Waals surface area contributed by atoms with Gasteiger partial charge in [0.1, 0.15) is 6.04 Å². The van der Waals surface area contributed by atoms with Crippen molar-refractivity contribution in [1.29, 1.82) is 0 Å². The molecule has 9 N–H and O–H groups in total. The van der Waals surface area contributed by atoms with E-state index in [2.05, 4.69) is 62.4 Å². The van der Waals surface area contributed by atoms with Gasteiger partial charge >= 0.3 is 11.4 Å². The van der Waals surface area contributed by atoms with Crippen LogP contribution in [0.3, 0.4) is 0 Å². The van der Waals surface area contributed by atoms with Crippen LogP contribution >= 0.6 is 0 Å². The van der Waals surface area contributed by atoms with E-state index < -0.39 is 40.7 Å². The van der Waals surface area contributed by atoms with Gasteiger partial charge in [-0.25, -0.2) is 9.59 Å². The molecule has 2 bridgehead atoms. The fourth-order valence-electron chi connectivity index (χ4n) is 13.4. The number of fused-ring (bicyclic) bond motifs is 1. The minimum atomic E-state index is -0.986. The Kier molecular flexibility index (Phi) is 26.9. The molecule has 1 fully saturated rings. The van der Waals surface area contributed by atoms with E-state index in [0.29, 0.717) is 62.4 Å². The third-order valence-electron chi connectivity index (χ3n) is 18.5. The molecule has 1 unspecified atom stereocenters. The first kappa shape index (κ1) is 71.6. The number of hydrogen-bond acceptors (Lipinski definition) is 15. The number of nitrogens with one attached hydrogen (secondary N) is 3. The number of rotatable bonds is 39. The second-order valence-electron chi connectivity index (χ2n) is 25.1. The van der Waals surface area contributed by atoms with Gasteiger partial charge in [-0.15, -0.1) is 0 Å². The van der Waals surface area contributed by atoms with Crippen LogP contribution in [-0.4, -0.2) is 147 Å². The lowest BCUT2D eigenvalue weighted by atomic mass is 9.51. The molecule has 4 aromatic carbocycles. The summed E-state index contributed by atoms with van der Waals surface area (Å²) in [5.74, 6) is -2.44. The average molecular weight is 1290 g/mol. The predicted octanol–water partition coefficient (Wildman–Crippen LogP) is 8.67. The normalized spacial score (nSPS) is 16.6. The van der Waals surface area contributed by atoms with Crippen molar-refractivity contribution >= 4 is 63.4 Å². The first-order valence-corrected chi connectivity index (χ1v) is 33.6. The number of amides is 6. The number of azide groups is 1. The lowest BCUT2D eigenvalue weighted by Crippen LogP contribution is -2.47. The standard InChI is InChI=1S/C70H95N13O11/c1-80(35-37-92-39-40-93-38-36-81(2)67(89)60-45-51(78-79-74)46-83(60)66(88)47-22-26-55-59(41-47)82(3)69(91)94-68(55)90)64(87)30-31-70-56-42-48(75-61(84)19-13-7-4-10-16-32-71)23-27-52(56)65(53-28-24-49(43-57(53)70)76-62(85)20-14-8-5-11-17-33-72)54-29-25-50(44-58(54)70)77-63(86)21-15-9-6-12-18-34-73/h22-29,41-44,51,60,65H,4-21,30-40,45-46,71-73H2,1-3H3,(H,75,84)(H,76,85)(H,77,86)/t51?,60-,65?,70?/m0/s1. The number of likely N-dealkylation sites (tertiary alicyclic amines) is 1. The molecule has 24 nitrogen and oxygen atoms in total. The predicted molar refractivity (Wildman–Crippen MR) is 363 cm³/mol. The molecule has 24 heteroatoms. The molecule has 1 saturated heterocycles. The Morgan fingerprint density at radius 1 is 0.617 bits per heavy atom. The first-order chi connectivity index (χ1) is 45.5. The zero-order valence-electron chi connectivity index (χ0n) is 54.9. The van der Waals surface area contributed by atoms with Gasteiger partial charge in [0.15, 0.2) is 0 Å². The first-order valence-electron chi connectivity index (χ1n) is 33.6. The lowest BCUT2D eigenvalue weighted by molar-refractivity contribution is -0.135. The van der Waals surface area contributed by atoms with E-state index in [9.17, 15) is 43.9 Å². The fraction of sp³-hybridized carbons (Fsp3) is 0.543. The van der Waals surface area contributed by atoms with Gasteiger partial charge in [0.25, 0.3) is 5.91 Å². The fourth-order valence-corrected chi connectivity index (χ4v) is 13.4. The molecule has 0 saturated carbocycles. The summed E-state index contributed by atoms with van der Waals surface area (Å²) in [5.41, 5.74) is 32.7. The van der Waals surface area contributed by atoms with Crippen LogP contribution in [0.4, 0.5) is 17.1 Å². The number of carbonyl (C=O) groups is 6. The minimum absolute atomic E-state index is 0.0191. The SMILES string of the molecule is CN(CCOCCOCCN(C)C(=O)[C@@H]1CC(N=[N+]=[N-])CN1C(=O)c1ccc2c(=O)oc(=O)n(C)c2c1)C(=O)CCC12c3cc(NC(=O)CCCCCCCN)ccc3C(c3ccc(NC(=O)CCCCCCCN)cc31)c1ccc(NC(=O)CCCCCCCN)cc12. The molecule has 9 rings (SSSR count). The monoisotopic (exact) mass is 1290 g/mol. The zero-order chi connectivity index (χ0) is 67.2. The number of carbonyl (C=O) groups excluding carboxylic acids is 6. The number of aromatic nitrogens is 1. The molecule has 2 atom stereocenters. The van der Waals surface area contributed by atoms with Crippen LogP contribution < -0.4 is 44.5 Å². The average Bonchev–Trinajstić information content (AvgIpc) is 0.734. The third kappa shape index (κ3) is 18.2. The number of anilines is 3. The second kappa shape index (κ2) is 35.3. The Morgan fingerprint density at radius 3 is 1.54 bits per heavy atom. The van der Waals surface area contributed by atoms with E-state index in [0.717, 1.165) is 134 Å². The number of benzene rings is 4. The lowest BCUT2D eigenvalue weighted by Gasteiger charge is -2.51. The maximum atomic E-state index is 14.6. The largest absolute Gasteiger partial charge is 0.422 e. The van der Waals surface area contributed by atoms with Gasteiger partial charge in [-0.05, 0) is 165 Å². The Hall–Kier alpha value is -8.25. The van der Waals surface area contributed by atoms with Gasteiger partial charge in [0.2, 0.25) is 29.5 Å². The quantitative estimate of drug-likeness (QED) is 0.00928. The summed E-state index contributed by atoms with van der Waals surface area (Å²) in [7, 11) is 4.74. The van der Waals surface area contributed by atoms with Gasteiger partial charge in [-0.1, -0.05) is 81.1 Å². The minimum Gasteiger partial charge on any atom is -0.377 e.